The molecule has 2 bridgehead atoms. The predicted octanol–water partition coefficient (Wildman–Crippen LogP) is 3.79. The van der Waals surface area contributed by atoms with Crippen molar-refractivity contribution in [3.05, 3.63) is 35.4 Å². The van der Waals surface area contributed by atoms with E-state index < -0.39 is 0 Å². The summed E-state index contributed by atoms with van der Waals surface area (Å²) in [6.07, 6.45) is 5.39. The molecule has 28 heavy (non-hydrogen) atoms. The molecule has 4 aliphatic rings. The molecule has 1 saturated heterocycles. The number of imide groups is 1. The number of thioether (sulfide) groups is 2. The molecule has 0 radical (unpaired) electrons. The fourth-order valence-corrected chi connectivity index (χ4v) is 9.34. The summed E-state index contributed by atoms with van der Waals surface area (Å²) in [7, 11) is 0. The standard InChI is InChI=1S/C21H23NO4S2/c23-18-16-6-1-2-7-17(16)19(24)22(18)12-26-20(25)13-10-14-4-3-5-15(11-13)21(14)27-8-9-28-21/h1-2,6-7,13-15H,3-5,8-12H2/t13?,14-,15+. The van der Waals surface area contributed by atoms with Crippen molar-refractivity contribution in [2.45, 2.75) is 36.2 Å². The zero-order valence-electron chi connectivity index (χ0n) is 15.6. The maximum atomic E-state index is 12.8. The average Bonchev–Trinajstić information content (AvgIpc) is 3.25. The van der Waals surface area contributed by atoms with Crippen molar-refractivity contribution in [3.63, 3.8) is 0 Å². The number of hydrogen-bond acceptors (Lipinski definition) is 6. The van der Waals surface area contributed by atoms with Gasteiger partial charge < -0.3 is 4.74 Å². The summed E-state index contributed by atoms with van der Waals surface area (Å²) in [5.41, 5.74) is 0.765. The first kappa shape index (κ1) is 18.6. The van der Waals surface area contributed by atoms with Gasteiger partial charge in [0.1, 0.15) is 0 Å². The predicted molar refractivity (Wildman–Crippen MR) is 109 cm³/mol. The average molecular weight is 418 g/mol. The highest BCUT2D eigenvalue weighted by atomic mass is 32.2. The van der Waals surface area contributed by atoms with Crippen molar-refractivity contribution >= 4 is 41.3 Å². The van der Waals surface area contributed by atoms with Crippen molar-refractivity contribution in [2.24, 2.45) is 17.8 Å². The minimum Gasteiger partial charge on any atom is -0.443 e. The maximum absolute atomic E-state index is 12.8. The quantitative estimate of drug-likeness (QED) is 0.551. The minimum atomic E-state index is -0.383. The van der Waals surface area contributed by atoms with Crippen LogP contribution in [0.4, 0.5) is 0 Å². The molecule has 0 N–H and O–H groups in total. The lowest BCUT2D eigenvalue weighted by atomic mass is 9.67. The lowest BCUT2D eigenvalue weighted by molar-refractivity contribution is -0.154. The third kappa shape index (κ3) is 2.81. The Hall–Kier alpha value is -1.47. The summed E-state index contributed by atoms with van der Waals surface area (Å²) < 4.78 is 5.80. The zero-order chi connectivity index (χ0) is 19.3. The fraction of sp³-hybridized carbons (Fsp3) is 0.571. The molecule has 2 amide bonds. The van der Waals surface area contributed by atoms with Crippen LogP contribution in [0.15, 0.2) is 24.3 Å². The summed E-state index contributed by atoms with van der Waals surface area (Å²) in [6.45, 7) is -0.286. The molecule has 5 nitrogen and oxygen atoms in total. The lowest BCUT2D eigenvalue weighted by Gasteiger charge is -2.51. The summed E-state index contributed by atoms with van der Waals surface area (Å²) in [5.74, 6) is 2.43. The molecule has 7 heteroatoms. The van der Waals surface area contributed by atoms with Crippen LogP contribution < -0.4 is 0 Å². The first-order valence-electron chi connectivity index (χ1n) is 10.00. The molecule has 3 fully saturated rings. The molecule has 3 atom stereocenters. The van der Waals surface area contributed by atoms with Gasteiger partial charge in [-0.05, 0) is 49.7 Å². The Morgan fingerprint density at radius 1 is 1.04 bits per heavy atom. The third-order valence-corrected chi connectivity index (χ3v) is 10.7. The van der Waals surface area contributed by atoms with E-state index in [0.29, 0.717) is 27.0 Å². The summed E-state index contributed by atoms with van der Waals surface area (Å²) >= 11 is 4.22. The van der Waals surface area contributed by atoms with E-state index in [0.717, 1.165) is 17.7 Å². The molecule has 1 aromatic rings. The van der Waals surface area contributed by atoms with E-state index in [1.807, 2.05) is 0 Å². The number of amides is 2. The van der Waals surface area contributed by atoms with Crippen molar-refractivity contribution in [1.82, 2.24) is 4.90 Å². The summed E-state index contributed by atoms with van der Waals surface area (Å²) in [5, 5.41) is 0. The van der Waals surface area contributed by atoms with Crippen LogP contribution >= 0.6 is 23.5 Å². The third-order valence-electron chi connectivity index (χ3n) is 6.67. The highest BCUT2D eigenvalue weighted by Crippen LogP contribution is 2.64. The fourth-order valence-electron chi connectivity index (χ4n) is 5.40. The van der Waals surface area contributed by atoms with Crippen LogP contribution in [-0.2, 0) is 9.53 Å². The number of esters is 1. The number of nitrogens with zero attached hydrogens (tertiary/aromatic N) is 1. The van der Waals surface area contributed by atoms with Gasteiger partial charge in [0, 0.05) is 11.5 Å². The van der Waals surface area contributed by atoms with E-state index in [-0.39, 0.29) is 30.4 Å². The first-order valence-corrected chi connectivity index (χ1v) is 12.0. The Morgan fingerprint density at radius 3 is 2.18 bits per heavy atom. The molecule has 2 aliphatic heterocycles. The lowest BCUT2D eigenvalue weighted by Crippen LogP contribution is -2.48. The van der Waals surface area contributed by atoms with Crippen LogP contribution in [0.2, 0.25) is 0 Å². The molecular weight excluding hydrogens is 394 g/mol. The van der Waals surface area contributed by atoms with Gasteiger partial charge >= 0.3 is 5.97 Å². The van der Waals surface area contributed by atoms with E-state index in [4.69, 9.17) is 4.74 Å². The number of benzene rings is 1. The van der Waals surface area contributed by atoms with E-state index in [1.165, 1.54) is 30.8 Å². The number of carbonyl (C=O) groups excluding carboxylic acids is 3. The van der Waals surface area contributed by atoms with Gasteiger partial charge in [0.2, 0.25) is 0 Å². The second kappa shape index (κ2) is 7.10. The Labute approximate surface area is 172 Å². The number of ether oxygens (including phenoxy) is 1. The van der Waals surface area contributed by atoms with Gasteiger partial charge in [0.05, 0.1) is 21.1 Å². The van der Waals surface area contributed by atoms with Crippen molar-refractivity contribution in [2.75, 3.05) is 18.2 Å². The normalized spacial score (nSPS) is 30.6. The van der Waals surface area contributed by atoms with Crippen LogP contribution in [0.25, 0.3) is 0 Å². The molecular formula is C21H23NO4S2. The molecule has 1 unspecified atom stereocenters. The van der Waals surface area contributed by atoms with Gasteiger partial charge in [-0.25, -0.2) is 4.90 Å². The van der Waals surface area contributed by atoms with Crippen LogP contribution in [0.1, 0.15) is 52.8 Å². The smallest absolute Gasteiger partial charge is 0.310 e. The van der Waals surface area contributed by atoms with Crippen LogP contribution in [0, 0.1) is 17.8 Å². The van der Waals surface area contributed by atoms with Crippen LogP contribution in [-0.4, -0.2) is 45.0 Å². The molecule has 1 aromatic carbocycles. The largest absolute Gasteiger partial charge is 0.443 e. The molecule has 2 saturated carbocycles. The maximum Gasteiger partial charge on any atom is 0.310 e. The van der Waals surface area contributed by atoms with Crippen molar-refractivity contribution in [3.8, 4) is 0 Å². The molecule has 5 rings (SSSR count). The van der Waals surface area contributed by atoms with Crippen LogP contribution in [0.5, 0.6) is 0 Å². The highest BCUT2D eigenvalue weighted by Gasteiger charge is 2.55. The number of hydrogen-bond donors (Lipinski definition) is 0. The molecule has 0 aromatic heterocycles. The number of fused-ring (bicyclic) bond motifs is 1. The van der Waals surface area contributed by atoms with Gasteiger partial charge in [0.25, 0.3) is 11.8 Å². The van der Waals surface area contributed by atoms with Gasteiger partial charge in [-0.15, -0.1) is 23.5 Å². The van der Waals surface area contributed by atoms with Gasteiger partial charge in [-0.1, -0.05) is 18.6 Å². The topological polar surface area (TPSA) is 63.7 Å². The monoisotopic (exact) mass is 417 g/mol. The minimum absolute atomic E-state index is 0.113. The van der Waals surface area contributed by atoms with E-state index in [2.05, 4.69) is 23.5 Å². The molecule has 1 spiro atoms. The van der Waals surface area contributed by atoms with Crippen molar-refractivity contribution in [1.29, 1.82) is 0 Å². The Bertz CT molecular complexity index is 784. The van der Waals surface area contributed by atoms with Gasteiger partial charge in [0.15, 0.2) is 6.73 Å². The second-order valence-corrected chi connectivity index (χ2v) is 11.1. The van der Waals surface area contributed by atoms with Gasteiger partial charge in [-0.3, -0.25) is 14.4 Å². The second-order valence-electron chi connectivity index (χ2n) is 8.09. The van der Waals surface area contributed by atoms with Crippen LogP contribution in [0.3, 0.4) is 0 Å². The highest BCUT2D eigenvalue weighted by molar-refractivity contribution is 8.21. The van der Waals surface area contributed by atoms with E-state index in [1.54, 1.807) is 24.3 Å². The Morgan fingerprint density at radius 2 is 1.61 bits per heavy atom. The van der Waals surface area contributed by atoms with E-state index in [9.17, 15) is 14.4 Å². The summed E-state index contributed by atoms with van der Waals surface area (Å²) in [6, 6.07) is 6.73. The summed E-state index contributed by atoms with van der Waals surface area (Å²) in [4.78, 5) is 38.7. The molecule has 148 valence electrons. The Balaban J connectivity index is 1.24. The van der Waals surface area contributed by atoms with E-state index >= 15 is 0 Å². The number of rotatable bonds is 3. The zero-order valence-corrected chi connectivity index (χ0v) is 17.2. The SMILES string of the molecule is O=C(OCN1C(=O)c2ccccc2C1=O)C1C[C@H]2CCC[C@@H](C1)C21SCCS1. The molecule has 2 heterocycles. The Kier molecular flexibility index (Phi) is 4.70. The van der Waals surface area contributed by atoms with Gasteiger partial charge in [-0.2, -0.15) is 0 Å². The molecule has 2 aliphatic carbocycles. The number of carbonyl (C=O) groups is 3. The van der Waals surface area contributed by atoms with Crippen molar-refractivity contribution < 1.29 is 19.1 Å². The first-order chi connectivity index (χ1) is 13.6.